The number of rotatable bonds is 8. The number of benzene rings is 1. The van der Waals surface area contributed by atoms with E-state index >= 15 is 4.39 Å². The van der Waals surface area contributed by atoms with Crippen molar-refractivity contribution in [3.63, 3.8) is 0 Å². The fraction of sp³-hybridized carbons (Fsp3) is 0.640. The van der Waals surface area contributed by atoms with Crippen LogP contribution in [0.4, 0.5) is 4.39 Å². The Kier molecular flexibility index (Phi) is 9.50. The minimum atomic E-state index is -1.47. The van der Waals surface area contributed by atoms with Gasteiger partial charge in [0.2, 0.25) is 0 Å². The van der Waals surface area contributed by atoms with Gasteiger partial charge >= 0.3 is 0 Å². The quantitative estimate of drug-likeness (QED) is 0.347. The van der Waals surface area contributed by atoms with E-state index in [-0.39, 0.29) is 40.8 Å². The molecule has 3 atom stereocenters. The normalized spacial score (nSPS) is 22.3. The summed E-state index contributed by atoms with van der Waals surface area (Å²) in [7, 11) is -1.47. The molecule has 1 aromatic carbocycles. The highest BCUT2D eigenvalue weighted by molar-refractivity contribution is 7.84. The Morgan fingerprint density at radius 3 is 2.56 bits per heavy atom. The number of likely N-dealkylation sites (tertiary alicyclic amines) is 1. The Balaban J connectivity index is 1.87. The van der Waals surface area contributed by atoms with E-state index in [9.17, 15) is 9.00 Å². The Bertz CT molecular complexity index is 1010. The van der Waals surface area contributed by atoms with Gasteiger partial charge < -0.3 is 19.1 Å². The molecule has 0 bridgehead atoms. The maximum Gasteiger partial charge on any atom is 0.254 e. The van der Waals surface area contributed by atoms with Gasteiger partial charge in [-0.15, -0.1) is 0 Å². The van der Waals surface area contributed by atoms with Gasteiger partial charge in [-0.25, -0.2) is 13.3 Å². The lowest BCUT2D eigenvalue weighted by Crippen LogP contribution is -2.47. The molecule has 0 aliphatic carbocycles. The van der Waals surface area contributed by atoms with Crippen LogP contribution in [0, 0.1) is 11.7 Å². The van der Waals surface area contributed by atoms with E-state index in [1.165, 1.54) is 6.08 Å². The van der Waals surface area contributed by atoms with Crippen LogP contribution in [-0.4, -0.2) is 58.0 Å². The highest BCUT2D eigenvalue weighted by Gasteiger charge is 2.41. The minimum absolute atomic E-state index is 0.0390. The van der Waals surface area contributed by atoms with Crippen LogP contribution in [0.3, 0.4) is 0 Å². The molecule has 0 spiro atoms. The van der Waals surface area contributed by atoms with E-state index in [0.717, 1.165) is 0 Å². The number of hydrogen-bond donors (Lipinski definition) is 1. The van der Waals surface area contributed by atoms with Crippen molar-refractivity contribution in [3.05, 3.63) is 40.1 Å². The maximum atomic E-state index is 15.2. The number of halogens is 3. The van der Waals surface area contributed by atoms with Gasteiger partial charge in [-0.05, 0) is 59.4 Å². The lowest BCUT2D eigenvalue weighted by molar-refractivity contribution is -0.161. The summed E-state index contributed by atoms with van der Waals surface area (Å²) in [5.41, 5.74) is 0.431. The van der Waals surface area contributed by atoms with Crippen LogP contribution in [0.2, 0.25) is 10.0 Å². The van der Waals surface area contributed by atoms with Crippen molar-refractivity contribution >= 4 is 40.1 Å². The highest BCUT2D eigenvalue weighted by atomic mass is 35.5. The lowest BCUT2D eigenvalue weighted by Gasteiger charge is -2.38. The summed E-state index contributed by atoms with van der Waals surface area (Å²) in [6.45, 7) is 14.0. The summed E-state index contributed by atoms with van der Waals surface area (Å²) in [6.07, 6.45) is 2.04. The minimum Gasteiger partial charge on any atom is -0.486 e. The summed E-state index contributed by atoms with van der Waals surface area (Å²) in [5, 5.41) is -0.200. The van der Waals surface area contributed by atoms with Crippen LogP contribution in [0.1, 0.15) is 59.1 Å². The van der Waals surface area contributed by atoms with Crippen LogP contribution >= 0.6 is 23.2 Å². The van der Waals surface area contributed by atoms with Crippen LogP contribution in [0.15, 0.2) is 18.7 Å². The standard InChI is InChI=1S/C25H35Cl2FN2O5S/c1-7-12-33-22-16(13-17(26)19(27)20(22)28)21(29-36(32)24(2,3)4)15-8-10-30(11-9-15)23(31)18-14-34-25(5,6)35-18/h7,13,15,18,21,29H,1,8-12,14H2,2-6H3/t18-,21?,36?/m1/s1. The predicted molar refractivity (Wildman–Crippen MR) is 140 cm³/mol. The zero-order chi connectivity index (χ0) is 26.8. The molecule has 0 radical (unpaired) electrons. The highest BCUT2D eigenvalue weighted by Crippen LogP contribution is 2.43. The van der Waals surface area contributed by atoms with Gasteiger partial charge in [-0.2, -0.15) is 0 Å². The smallest absolute Gasteiger partial charge is 0.254 e. The molecule has 3 rings (SSSR count). The molecule has 2 heterocycles. The monoisotopic (exact) mass is 564 g/mol. The predicted octanol–water partition coefficient (Wildman–Crippen LogP) is 5.18. The average molecular weight is 566 g/mol. The topological polar surface area (TPSA) is 77.1 Å². The Labute approximate surface area is 225 Å². The van der Waals surface area contributed by atoms with Gasteiger partial charge in [0.25, 0.3) is 5.91 Å². The van der Waals surface area contributed by atoms with Crippen molar-refractivity contribution in [2.24, 2.45) is 5.92 Å². The van der Waals surface area contributed by atoms with Crippen molar-refractivity contribution in [2.45, 2.75) is 70.1 Å². The van der Waals surface area contributed by atoms with Crippen molar-refractivity contribution in [1.82, 2.24) is 9.62 Å². The number of hydrogen-bond acceptors (Lipinski definition) is 5. The molecule has 2 unspecified atom stereocenters. The Hall–Kier alpha value is -1.23. The molecule has 2 aliphatic heterocycles. The molecule has 2 fully saturated rings. The molecule has 2 aliphatic rings. The van der Waals surface area contributed by atoms with Gasteiger partial charge in [0.1, 0.15) is 6.61 Å². The fourth-order valence-electron chi connectivity index (χ4n) is 4.29. The van der Waals surface area contributed by atoms with E-state index in [0.29, 0.717) is 31.5 Å². The molecule has 202 valence electrons. The van der Waals surface area contributed by atoms with Crippen molar-refractivity contribution in [3.8, 4) is 5.75 Å². The number of nitrogens with one attached hydrogen (secondary N) is 1. The van der Waals surface area contributed by atoms with Crippen molar-refractivity contribution in [2.75, 3.05) is 26.3 Å². The second kappa shape index (κ2) is 11.7. The maximum absolute atomic E-state index is 15.2. The Morgan fingerprint density at radius 2 is 2.03 bits per heavy atom. The van der Waals surface area contributed by atoms with Crippen molar-refractivity contribution in [1.29, 1.82) is 0 Å². The van der Waals surface area contributed by atoms with E-state index in [2.05, 4.69) is 11.3 Å². The lowest BCUT2D eigenvalue weighted by atomic mass is 9.85. The molecule has 0 aromatic heterocycles. The molecule has 7 nitrogen and oxygen atoms in total. The zero-order valence-electron chi connectivity index (χ0n) is 21.4. The second-order valence-electron chi connectivity index (χ2n) is 10.5. The summed E-state index contributed by atoms with van der Waals surface area (Å²) < 4.78 is 47.9. The van der Waals surface area contributed by atoms with Crippen LogP contribution in [0.5, 0.6) is 5.75 Å². The number of ether oxygens (including phenoxy) is 3. The summed E-state index contributed by atoms with van der Waals surface area (Å²) >= 11 is 12.3. The molecule has 1 N–H and O–H groups in total. The first-order valence-corrected chi connectivity index (χ1v) is 13.9. The number of carbonyl (C=O) groups excluding carboxylic acids is 1. The first-order valence-electron chi connectivity index (χ1n) is 11.9. The third kappa shape index (κ3) is 6.79. The number of amides is 1. The van der Waals surface area contributed by atoms with Gasteiger partial charge in [0.15, 0.2) is 23.5 Å². The van der Waals surface area contributed by atoms with Gasteiger partial charge in [-0.3, -0.25) is 4.79 Å². The molecule has 1 amide bonds. The first-order chi connectivity index (χ1) is 16.7. The summed E-state index contributed by atoms with van der Waals surface area (Å²) in [6, 6.07) is 1.00. The van der Waals surface area contributed by atoms with Crippen LogP contribution in [0.25, 0.3) is 0 Å². The van der Waals surface area contributed by atoms with Crippen LogP contribution < -0.4 is 9.46 Å². The largest absolute Gasteiger partial charge is 0.486 e. The number of piperidine rings is 1. The van der Waals surface area contributed by atoms with E-state index in [4.69, 9.17) is 37.4 Å². The summed E-state index contributed by atoms with van der Waals surface area (Å²) in [5.74, 6) is -1.81. The zero-order valence-corrected chi connectivity index (χ0v) is 23.7. The second-order valence-corrected chi connectivity index (χ2v) is 13.2. The molecule has 36 heavy (non-hydrogen) atoms. The number of carbonyl (C=O) groups is 1. The molecular weight excluding hydrogens is 530 g/mol. The van der Waals surface area contributed by atoms with Gasteiger partial charge in [0, 0.05) is 18.7 Å². The van der Waals surface area contributed by atoms with Gasteiger partial charge in [-0.1, -0.05) is 35.9 Å². The molecule has 1 aromatic rings. The fourth-order valence-corrected chi connectivity index (χ4v) is 5.53. The summed E-state index contributed by atoms with van der Waals surface area (Å²) in [4.78, 5) is 14.7. The molecule has 11 heteroatoms. The van der Waals surface area contributed by atoms with E-state index < -0.39 is 39.5 Å². The molecule has 0 saturated carbocycles. The van der Waals surface area contributed by atoms with E-state index in [1.54, 1.807) is 24.8 Å². The molecule has 2 saturated heterocycles. The first kappa shape index (κ1) is 29.3. The SMILES string of the molecule is C=CCOc1c(C(NS(=O)C(C)(C)C)C2CCN(C(=O)[C@H]3COC(C)(C)O3)CC2)cc(Cl)c(Cl)c1F. The van der Waals surface area contributed by atoms with E-state index in [1.807, 2.05) is 20.8 Å². The Morgan fingerprint density at radius 1 is 1.39 bits per heavy atom. The van der Waals surface area contributed by atoms with Crippen LogP contribution in [-0.2, 0) is 25.3 Å². The average Bonchev–Trinajstić information content (AvgIpc) is 3.19. The van der Waals surface area contributed by atoms with Crippen molar-refractivity contribution < 1.29 is 27.6 Å². The third-order valence-corrected chi connectivity index (χ3v) is 8.57. The third-order valence-electron chi connectivity index (χ3n) is 6.22. The van der Waals surface area contributed by atoms with Gasteiger partial charge in [0.05, 0.1) is 38.4 Å². The molecular formula is C25H35Cl2FN2O5S. The number of nitrogens with zero attached hydrogens (tertiary/aromatic N) is 1.